The topological polar surface area (TPSA) is 16.4 Å². The van der Waals surface area contributed by atoms with Crippen molar-refractivity contribution in [3.05, 3.63) is 199 Å². The average molecular weight is 680 g/mol. The monoisotopic (exact) mass is 679 g/mol. The maximum absolute atomic E-state index is 6.93. The Morgan fingerprint density at radius 1 is 0.358 bits per heavy atom. The van der Waals surface area contributed by atoms with Crippen LogP contribution >= 0.6 is 0 Å². The summed E-state index contributed by atoms with van der Waals surface area (Å²) in [5, 5.41) is 2.30. The fourth-order valence-corrected chi connectivity index (χ4v) is 8.37. The molecule has 0 spiro atoms. The summed E-state index contributed by atoms with van der Waals surface area (Å²) in [5.74, 6) is 0. The molecular formula is C51H37NO. The number of furan rings is 1. The van der Waals surface area contributed by atoms with E-state index in [1.54, 1.807) is 0 Å². The second-order valence-electron chi connectivity index (χ2n) is 14.5. The Hall–Kier alpha value is -6.64. The highest BCUT2D eigenvalue weighted by molar-refractivity contribution is 6.14. The molecule has 0 bridgehead atoms. The molecule has 0 atom stereocenters. The molecule has 0 unspecified atom stereocenters. The Morgan fingerprint density at radius 2 is 0.830 bits per heavy atom. The third-order valence-electron chi connectivity index (χ3n) is 11.1. The molecule has 8 aromatic carbocycles. The first-order valence-electron chi connectivity index (χ1n) is 18.3. The Labute approximate surface area is 310 Å². The molecule has 1 aromatic heterocycles. The van der Waals surface area contributed by atoms with Gasteiger partial charge < -0.3 is 9.32 Å². The molecule has 53 heavy (non-hydrogen) atoms. The summed E-state index contributed by atoms with van der Waals surface area (Å²) in [6.07, 6.45) is 0. The average Bonchev–Trinajstić information content (AvgIpc) is 3.72. The highest BCUT2D eigenvalue weighted by Gasteiger charge is 2.37. The van der Waals surface area contributed by atoms with E-state index in [0.717, 1.165) is 50.1 Å². The van der Waals surface area contributed by atoms with Crippen molar-refractivity contribution in [3.63, 3.8) is 0 Å². The van der Waals surface area contributed by atoms with Crippen LogP contribution in [0.3, 0.4) is 0 Å². The second-order valence-corrected chi connectivity index (χ2v) is 14.5. The first kappa shape index (κ1) is 31.1. The predicted molar refractivity (Wildman–Crippen MR) is 222 cm³/mol. The number of hydrogen-bond donors (Lipinski definition) is 0. The van der Waals surface area contributed by atoms with Gasteiger partial charge >= 0.3 is 0 Å². The fraction of sp³-hybridized carbons (Fsp3) is 0.0588. The Balaban J connectivity index is 1.06. The van der Waals surface area contributed by atoms with Crippen LogP contribution in [0.1, 0.15) is 25.0 Å². The van der Waals surface area contributed by atoms with Crippen molar-refractivity contribution in [1.29, 1.82) is 0 Å². The van der Waals surface area contributed by atoms with Crippen LogP contribution < -0.4 is 4.90 Å². The van der Waals surface area contributed by atoms with Crippen LogP contribution in [0.5, 0.6) is 0 Å². The molecule has 2 heteroatoms. The molecule has 1 aliphatic rings. The van der Waals surface area contributed by atoms with Gasteiger partial charge in [-0.05, 0) is 80.9 Å². The second kappa shape index (κ2) is 12.3. The first-order valence-corrected chi connectivity index (χ1v) is 18.3. The van der Waals surface area contributed by atoms with Crippen molar-refractivity contribution >= 4 is 39.0 Å². The quantitative estimate of drug-likeness (QED) is 0.174. The minimum atomic E-state index is -0.0760. The van der Waals surface area contributed by atoms with Crippen molar-refractivity contribution in [2.45, 2.75) is 19.3 Å². The zero-order valence-corrected chi connectivity index (χ0v) is 29.8. The van der Waals surface area contributed by atoms with Crippen molar-refractivity contribution in [1.82, 2.24) is 0 Å². The molecule has 9 aromatic rings. The van der Waals surface area contributed by atoms with Crippen LogP contribution in [-0.2, 0) is 5.41 Å². The molecule has 1 heterocycles. The van der Waals surface area contributed by atoms with Gasteiger partial charge in [0.05, 0.1) is 0 Å². The number of para-hydroxylation sites is 1. The summed E-state index contributed by atoms with van der Waals surface area (Å²) in [5.41, 5.74) is 17.3. The molecule has 0 saturated carbocycles. The lowest BCUT2D eigenvalue weighted by Gasteiger charge is -2.26. The van der Waals surface area contributed by atoms with E-state index in [9.17, 15) is 0 Å². The number of nitrogens with zero attached hydrogens (tertiary/aromatic N) is 1. The minimum absolute atomic E-state index is 0.0760. The van der Waals surface area contributed by atoms with Crippen molar-refractivity contribution in [2.75, 3.05) is 4.90 Å². The van der Waals surface area contributed by atoms with Crippen LogP contribution in [-0.4, -0.2) is 0 Å². The lowest BCUT2D eigenvalue weighted by atomic mass is 9.82. The van der Waals surface area contributed by atoms with E-state index in [1.807, 2.05) is 0 Å². The van der Waals surface area contributed by atoms with E-state index in [-0.39, 0.29) is 5.41 Å². The van der Waals surface area contributed by atoms with Gasteiger partial charge in [0.1, 0.15) is 11.2 Å². The van der Waals surface area contributed by atoms with Gasteiger partial charge in [-0.25, -0.2) is 0 Å². The molecule has 1 aliphatic carbocycles. The lowest BCUT2D eigenvalue weighted by molar-refractivity contribution is 0.653. The zero-order valence-electron chi connectivity index (χ0n) is 29.8. The molecule has 0 radical (unpaired) electrons. The Kier molecular flexibility index (Phi) is 7.19. The molecule has 0 aliphatic heterocycles. The Morgan fingerprint density at radius 3 is 1.42 bits per heavy atom. The highest BCUT2D eigenvalue weighted by Crippen LogP contribution is 2.53. The van der Waals surface area contributed by atoms with E-state index < -0.39 is 0 Å². The smallest absolute Gasteiger partial charge is 0.143 e. The van der Waals surface area contributed by atoms with Gasteiger partial charge in [0, 0.05) is 44.4 Å². The number of fused-ring (bicyclic) bond motifs is 7. The van der Waals surface area contributed by atoms with Crippen LogP contribution in [0, 0.1) is 0 Å². The van der Waals surface area contributed by atoms with E-state index in [4.69, 9.17) is 4.42 Å². The molecule has 0 fully saturated rings. The number of anilines is 3. The van der Waals surface area contributed by atoms with Gasteiger partial charge in [0.25, 0.3) is 0 Å². The standard InChI is InChI=1S/C51H37NO/c1-51(2)46-19-10-9-16-45(46)48-47(51)33-32-44-43-18-11-17-42(49(43)53-50(44)48)38-24-30-41(31-25-38)52(39-26-20-36(21-27-39)34-12-5-3-6-13-34)40-28-22-37(23-29-40)35-14-7-4-8-15-35/h3-33H,1-2H3. The number of hydrogen-bond acceptors (Lipinski definition) is 2. The summed E-state index contributed by atoms with van der Waals surface area (Å²) in [6, 6.07) is 67.6. The van der Waals surface area contributed by atoms with E-state index >= 15 is 0 Å². The molecule has 252 valence electrons. The number of rotatable bonds is 6. The molecule has 0 N–H and O–H groups in total. The van der Waals surface area contributed by atoms with Gasteiger partial charge in [-0.15, -0.1) is 0 Å². The summed E-state index contributed by atoms with van der Waals surface area (Å²) in [7, 11) is 0. The van der Waals surface area contributed by atoms with Gasteiger partial charge in [0.2, 0.25) is 0 Å². The van der Waals surface area contributed by atoms with Crippen molar-refractivity contribution in [2.24, 2.45) is 0 Å². The lowest BCUT2D eigenvalue weighted by Crippen LogP contribution is -2.14. The van der Waals surface area contributed by atoms with Crippen LogP contribution in [0.15, 0.2) is 192 Å². The van der Waals surface area contributed by atoms with E-state index in [2.05, 4.69) is 207 Å². The summed E-state index contributed by atoms with van der Waals surface area (Å²) < 4.78 is 6.93. The van der Waals surface area contributed by atoms with Gasteiger partial charge in [-0.2, -0.15) is 0 Å². The Bertz CT molecular complexity index is 2670. The third kappa shape index (κ3) is 5.10. The molecular weight excluding hydrogens is 643 g/mol. The zero-order chi connectivity index (χ0) is 35.5. The van der Waals surface area contributed by atoms with Crippen molar-refractivity contribution in [3.8, 4) is 44.5 Å². The van der Waals surface area contributed by atoms with Crippen molar-refractivity contribution < 1.29 is 4.42 Å². The van der Waals surface area contributed by atoms with E-state index in [1.165, 1.54) is 44.5 Å². The van der Waals surface area contributed by atoms with Gasteiger partial charge in [-0.1, -0.05) is 166 Å². The normalized spacial score (nSPS) is 12.9. The molecule has 0 amide bonds. The molecule has 2 nitrogen and oxygen atoms in total. The number of benzene rings is 8. The summed E-state index contributed by atoms with van der Waals surface area (Å²) >= 11 is 0. The summed E-state index contributed by atoms with van der Waals surface area (Å²) in [4.78, 5) is 2.33. The van der Waals surface area contributed by atoms with Crippen LogP contribution in [0.25, 0.3) is 66.4 Å². The SMILES string of the molecule is CC1(C)c2ccccc2-c2c1ccc1c2oc2c(-c3ccc(N(c4ccc(-c5ccccc5)cc4)c4ccc(-c5ccccc5)cc4)cc3)cccc21. The largest absolute Gasteiger partial charge is 0.455 e. The van der Waals surface area contributed by atoms with Crippen LogP contribution in [0.4, 0.5) is 17.1 Å². The molecule has 10 rings (SSSR count). The molecule has 0 saturated heterocycles. The maximum Gasteiger partial charge on any atom is 0.143 e. The van der Waals surface area contributed by atoms with Crippen LogP contribution in [0.2, 0.25) is 0 Å². The maximum atomic E-state index is 6.93. The predicted octanol–water partition coefficient (Wildman–Crippen LogP) is 14.4. The third-order valence-corrected chi connectivity index (χ3v) is 11.1. The fourth-order valence-electron chi connectivity index (χ4n) is 8.37. The summed E-state index contributed by atoms with van der Waals surface area (Å²) in [6.45, 7) is 4.63. The van der Waals surface area contributed by atoms with E-state index in [0.29, 0.717) is 0 Å². The van der Waals surface area contributed by atoms with Gasteiger partial charge in [0.15, 0.2) is 0 Å². The first-order chi connectivity index (χ1) is 26.0. The minimum Gasteiger partial charge on any atom is -0.455 e. The highest BCUT2D eigenvalue weighted by atomic mass is 16.3. The van der Waals surface area contributed by atoms with Gasteiger partial charge in [-0.3, -0.25) is 0 Å².